The molecule has 21 heavy (non-hydrogen) atoms. The van der Waals surface area contributed by atoms with Crippen LogP contribution in [0.3, 0.4) is 0 Å². The molecular weight excluding hydrogens is 355 g/mol. The zero-order chi connectivity index (χ0) is 15.6. The molecule has 0 saturated heterocycles. The van der Waals surface area contributed by atoms with E-state index in [1.807, 2.05) is 44.1 Å². The van der Waals surface area contributed by atoms with Gasteiger partial charge in [0.1, 0.15) is 5.82 Å². The van der Waals surface area contributed by atoms with Gasteiger partial charge in [-0.15, -0.1) is 0 Å². The van der Waals surface area contributed by atoms with Gasteiger partial charge in [-0.1, -0.05) is 33.6 Å². The number of benzene rings is 2. The van der Waals surface area contributed by atoms with Crippen LogP contribution >= 0.6 is 27.5 Å². The van der Waals surface area contributed by atoms with Gasteiger partial charge >= 0.3 is 0 Å². The minimum absolute atomic E-state index is 0.0360. The predicted molar refractivity (Wildman–Crippen MR) is 91.9 cm³/mol. The lowest BCUT2D eigenvalue weighted by molar-refractivity contribution is 0.626. The number of rotatable bonds is 4. The Labute approximate surface area is 138 Å². The third-order valence-electron chi connectivity index (χ3n) is 3.24. The molecule has 0 radical (unpaired) electrons. The molecule has 1 atom stereocenters. The maximum absolute atomic E-state index is 13.1. The van der Waals surface area contributed by atoms with Gasteiger partial charge in [-0.2, -0.15) is 0 Å². The average Bonchev–Trinajstić information content (AvgIpc) is 2.37. The largest absolute Gasteiger partial charge is 0.377 e. The van der Waals surface area contributed by atoms with E-state index in [9.17, 15) is 4.39 Å². The highest BCUT2D eigenvalue weighted by Crippen LogP contribution is 2.33. The van der Waals surface area contributed by atoms with Crippen LogP contribution in [0, 0.1) is 5.82 Å². The Morgan fingerprint density at radius 3 is 2.52 bits per heavy atom. The van der Waals surface area contributed by atoms with E-state index in [0.29, 0.717) is 5.02 Å². The molecule has 0 fully saturated rings. The van der Waals surface area contributed by atoms with Crippen molar-refractivity contribution in [3.63, 3.8) is 0 Å². The first-order chi connectivity index (χ1) is 9.88. The molecule has 0 aliphatic carbocycles. The molecule has 0 spiro atoms. The van der Waals surface area contributed by atoms with E-state index in [4.69, 9.17) is 11.6 Å². The van der Waals surface area contributed by atoms with Gasteiger partial charge < -0.3 is 10.2 Å². The summed E-state index contributed by atoms with van der Waals surface area (Å²) >= 11 is 9.61. The second-order valence-electron chi connectivity index (χ2n) is 5.09. The van der Waals surface area contributed by atoms with Crippen LogP contribution in [0.1, 0.15) is 18.5 Å². The summed E-state index contributed by atoms with van der Waals surface area (Å²) in [7, 11) is 3.98. The SMILES string of the molecule is CC(Nc1cc(Br)ccc1N(C)C)c1ccc(F)cc1Cl. The number of anilines is 2. The number of halogens is 3. The van der Waals surface area contributed by atoms with Crippen LogP contribution in [0.5, 0.6) is 0 Å². The zero-order valence-electron chi connectivity index (χ0n) is 12.1. The summed E-state index contributed by atoms with van der Waals surface area (Å²) in [5.41, 5.74) is 2.92. The third-order valence-corrected chi connectivity index (χ3v) is 4.06. The summed E-state index contributed by atoms with van der Waals surface area (Å²) in [5, 5.41) is 3.86. The minimum Gasteiger partial charge on any atom is -0.377 e. The summed E-state index contributed by atoms with van der Waals surface area (Å²) in [6.45, 7) is 2.00. The average molecular weight is 372 g/mol. The van der Waals surface area contributed by atoms with Gasteiger partial charge in [-0.05, 0) is 42.8 Å². The molecule has 5 heteroatoms. The Hall–Kier alpha value is -1.26. The Kier molecular flexibility index (Phi) is 5.12. The second-order valence-corrected chi connectivity index (χ2v) is 6.41. The normalized spacial score (nSPS) is 12.1. The van der Waals surface area contributed by atoms with Crippen LogP contribution in [0.15, 0.2) is 40.9 Å². The van der Waals surface area contributed by atoms with Crippen molar-refractivity contribution in [2.75, 3.05) is 24.3 Å². The standard InChI is InChI=1S/C16H17BrClFN2/c1-10(13-6-5-12(19)9-14(13)18)20-15-8-11(17)4-7-16(15)21(2)3/h4-10,20H,1-3H3. The van der Waals surface area contributed by atoms with Gasteiger partial charge in [-0.3, -0.25) is 0 Å². The van der Waals surface area contributed by atoms with Crippen LogP contribution < -0.4 is 10.2 Å². The topological polar surface area (TPSA) is 15.3 Å². The zero-order valence-corrected chi connectivity index (χ0v) is 14.5. The highest BCUT2D eigenvalue weighted by atomic mass is 79.9. The summed E-state index contributed by atoms with van der Waals surface area (Å²) in [6.07, 6.45) is 0. The van der Waals surface area contributed by atoms with E-state index in [1.54, 1.807) is 6.07 Å². The maximum Gasteiger partial charge on any atom is 0.124 e. The van der Waals surface area contributed by atoms with Crippen LogP contribution in [-0.2, 0) is 0 Å². The first-order valence-corrected chi connectivity index (χ1v) is 7.74. The van der Waals surface area contributed by atoms with Gasteiger partial charge in [0.05, 0.1) is 17.4 Å². The Bertz CT molecular complexity index is 646. The number of hydrogen-bond acceptors (Lipinski definition) is 2. The van der Waals surface area contributed by atoms with Gasteiger partial charge in [-0.25, -0.2) is 4.39 Å². The fraction of sp³-hybridized carbons (Fsp3) is 0.250. The Morgan fingerprint density at radius 2 is 1.90 bits per heavy atom. The van der Waals surface area contributed by atoms with Crippen molar-refractivity contribution >= 4 is 38.9 Å². The van der Waals surface area contributed by atoms with Gasteiger partial charge in [0.15, 0.2) is 0 Å². The first-order valence-electron chi connectivity index (χ1n) is 6.57. The van der Waals surface area contributed by atoms with Gasteiger partial charge in [0.25, 0.3) is 0 Å². The van der Waals surface area contributed by atoms with Crippen LogP contribution in [0.4, 0.5) is 15.8 Å². The van der Waals surface area contributed by atoms with E-state index in [0.717, 1.165) is 21.4 Å². The smallest absolute Gasteiger partial charge is 0.124 e. The maximum atomic E-state index is 13.1. The Balaban J connectivity index is 2.31. The lowest BCUT2D eigenvalue weighted by Crippen LogP contribution is -2.14. The lowest BCUT2D eigenvalue weighted by Gasteiger charge is -2.23. The minimum atomic E-state index is -0.326. The third kappa shape index (κ3) is 3.89. The first kappa shape index (κ1) is 16.1. The Morgan fingerprint density at radius 1 is 1.19 bits per heavy atom. The molecule has 112 valence electrons. The van der Waals surface area contributed by atoms with E-state index in [1.165, 1.54) is 12.1 Å². The molecule has 2 aromatic carbocycles. The van der Waals surface area contributed by atoms with E-state index >= 15 is 0 Å². The summed E-state index contributed by atoms with van der Waals surface area (Å²) in [6, 6.07) is 10.5. The fourth-order valence-electron chi connectivity index (χ4n) is 2.18. The quantitative estimate of drug-likeness (QED) is 0.765. The van der Waals surface area contributed by atoms with Crippen LogP contribution in [-0.4, -0.2) is 14.1 Å². The highest BCUT2D eigenvalue weighted by molar-refractivity contribution is 9.10. The molecule has 0 bridgehead atoms. The summed E-state index contributed by atoms with van der Waals surface area (Å²) in [4.78, 5) is 2.04. The number of nitrogens with zero attached hydrogens (tertiary/aromatic N) is 1. The molecule has 2 nitrogen and oxygen atoms in total. The second kappa shape index (κ2) is 6.67. The number of hydrogen-bond donors (Lipinski definition) is 1. The van der Waals surface area contributed by atoms with Crippen molar-refractivity contribution in [3.05, 3.63) is 57.3 Å². The highest BCUT2D eigenvalue weighted by Gasteiger charge is 2.13. The molecule has 0 saturated carbocycles. The fourth-order valence-corrected chi connectivity index (χ4v) is 2.87. The lowest BCUT2D eigenvalue weighted by atomic mass is 10.1. The molecule has 2 rings (SSSR count). The van der Waals surface area contributed by atoms with Crippen molar-refractivity contribution in [3.8, 4) is 0 Å². The summed E-state index contributed by atoms with van der Waals surface area (Å²) < 4.78 is 14.1. The molecule has 1 N–H and O–H groups in total. The summed E-state index contributed by atoms with van der Waals surface area (Å²) in [5.74, 6) is -0.326. The monoisotopic (exact) mass is 370 g/mol. The van der Waals surface area contributed by atoms with Crippen LogP contribution in [0.25, 0.3) is 0 Å². The predicted octanol–water partition coefficient (Wildman–Crippen LogP) is 5.48. The van der Waals surface area contributed by atoms with Crippen molar-refractivity contribution in [2.45, 2.75) is 13.0 Å². The van der Waals surface area contributed by atoms with E-state index < -0.39 is 0 Å². The molecule has 0 aliphatic rings. The molecule has 0 aliphatic heterocycles. The van der Waals surface area contributed by atoms with Crippen molar-refractivity contribution in [1.82, 2.24) is 0 Å². The van der Waals surface area contributed by atoms with E-state index in [-0.39, 0.29) is 11.9 Å². The van der Waals surface area contributed by atoms with Crippen molar-refractivity contribution in [2.24, 2.45) is 0 Å². The van der Waals surface area contributed by atoms with Crippen molar-refractivity contribution in [1.29, 1.82) is 0 Å². The van der Waals surface area contributed by atoms with Crippen molar-refractivity contribution < 1.29 is 4.39 Å². The van der Waals surface area contributed by atoms with Gasteiger partial charge in [0.2, 0.25) is 0 Å². The molecule has 1 unspecified atom stereocenters. The number of nitrogens with one attached hydrogen (secondary N) is 1. The molecule has 0 heterocycles. The molecule has 0 amide bonds. The van der Waals surface area contributed by atoms with Crippen LogP contribution in [0.2, 0.25) is 5.02 Å². The molecular formula is C16H17BrClFN2. The molecule has 0 aromatic heterocycles. The molecule has 2 aromatic rings. The van der Waals surface area contributed by atoms with Gasteiger partial charge in [0, 0.05) is 23.6 Å². The van der Waals surface area contributed by atoms with E-state index in [2.05, 4.69) is 21.2 Å².